The first kappa shape index (κ1) is 14.4. The molecule has 5 heteroatoms. The van der Waals surface area contributed by atoms with Gasteiger partial charge in [0.1, 0.15) is 5.82 Å². The standard InChI is InChI=1S/C15H13FO3S/c1-9-3-4-10(7-12(9)16)15(18)13-6-5-11(20-13)8-14(17)19-2/h3-7H,8H2,1-2H3. The molecule has 3 nitrogen and oxygen atoms in total. The highest BCUT2D eigenvalue weighted by Gasteiger charge is 2.14. The number of esters is 1. The van der Waals surface area contributed by atoms with Gasteiger partial charge in [-0.2, -0.15) is 0 Å². The molecule has 20 heavy (non-hydrogen) atoms. The quantitative estimate of drug-likeness (QED) is 0.642. The molecule has 0 atom stereocenters. The lowest BCUT2D eigenvalue weighted by Gasteiger charge is -2.01. The highest BCUT2D eigenvalue weighted by molar-refractivity contribution is 7.14. The van der Waals surface area contributed by atoms with Gasteiger partial charge in [-0.15, -0.1) is 11.3 Å². The van der Waals surface area contributed by atoms with Crippen molar-refractivity contribution in [2.24, 2.45) is 0 Å². The van der Waals surface area contributed by atoms with Crippen LogP contribution in [0, 0.1) is 12.7 Å². The molecule has 2 aromatic rings. The van der Waals surface area contributed by atoms with Crippen LogP contribution in [0.1, 0.15) is 25.7 Å². The van der Waals surface area contributed by atoms with Gasteiger partial charge in [0.05, 0.1) is 18.4 Å². The molecule has 2 rings (SSSR count). The molecule has 0 unspecified atom stereocenters. The van der Waals surface area contributed by atoms with Gasteiger partial charge in [0, 0.05) is 10.4 Å². The van der Waals surface area contributed by atoms with E-state index in [4.69, 9.17) is 0 Å². The smallest absolute Gasteiger partial charge is 0.310 e. The molecule has 0 aliphatic rings. The van der Waals surface area contributed by atoms with E-state index in [1.165, 1.54) is 24.5 Å². The van der Waals surface area contributed by atoms with E-state index in [0.717, 1.165) is 4.88 Å². The number of rotatable bonds is 4. The van der Waals surface area contributed by atoms with Gasteiger partial charge in [0.15, 0.2) is 0 Å². The fourth-order valence-corrected chi connectivity index (χ4v) is 2.64. The van der Waals surface area contributed by atoms with Crippen LogP contribution >= 0.6 is 11.3 Å². The van der Waals surface area contributed by atoms with E-state index >= 15 is 0 Å². The summed E-state index contributed by atoms with van der Waals surface area (Å²) in [5.74, 6) is -1.00. The summed E-state index contributed by atoms with van der Waals surface area (Å²) in [6, 6.07) is 7.76. The molecule has 0 saturated heterocycles. The summed E-state index contributed by atoms with van der Waals surface area (Å²) in [6.45, 7) is 1.64. The van der Waals surface area contributed by atoms with Crippen molar-refractivity contribution >= 4 is 23.1 Å². The molecule has 0 bridgehead atoms. The van der Waals surface area contributed by atoms with E-state index in [1.807, 2.05) is 0 Å². The third kappa shape index (κ3) is 3.11. The molecule has 1 aromatic carbocycles. The minimum atomic E-state index is -0.401. The highest BCUT2D eigenvalue weighted by Crippen LogP contribution is 2.21. The Morgan fingerprint density at radius 1 is 1.25 bits per heavy atom. The number of carbonyl (C=O) groups is 2. The maximum absolute atomic E-state index is 13.5. The van der Waals surface area contributed by atoms with Gasteiger partial charge in [-0.05, 0) is 30.7 Å². The number of ketones is 1. The topological polar surface area (TPSA) is 43.4 Å². The van der Waals surface area contributed by atoms with Crippen LogP contribution in [0.4, 0.5) is 4.39 Å². The molecule has 0 saturated carbocycles. The zero-order valence-electron chi connectivity index (χ0n) is 11.1. The maximum Gasteiger partial charge on any atom is 0.310 e. The summed E-state index contributed by atoms with van der Waals surface area (Å²) in [5, 5.41) is 0. The summed E-state index contributed by atoms with van der Waals surface area (Å²) in [7, 11) is 1.32. The fourth-order valence-electron chi connectivity index (χ4n) is 1.69. The van der Waals surface area contributed by atoms with E-state index < -0.39 is 5.82 Å². The average molecular weight is 292 g/mol. The summed E-state index contributed by atoms with van der Waals surface area (Å²) < 4.78 is 18.0. The summed E-state index contributed by atoms with van der Waals surface area (Å²) in [5.41, 5.74) is 0.804. The van der Waals surface area contributed by atoms with Crippen LogP contribution in [-0.4, -0.2) is 18.9 Å². The third-order valence-electron chi connectivity index (χ3n) is 2.87. The Balaban J connectivity index is 2.21. The lowest BCUT2D eigenvalue weighted by Crippen LogP contribution is -2.02. The van der Waals surface area contributed by atoms with Crippen molar-refractivity contribution < 1.29 is 18.7 Å². The van der Waals surface area contributed by atoms with Crippen LogP contribution in [0.25, 0.3) is 0 Å². The molecule has 0 amide bonds. The number of aryl methyl sites for hydroxylation is 1. The summed E-state index contributed by atoms with van der Waals surface area (Å²) >= 11 is 1.22. The predicted octanol–water partition coefficient (Wildman–Crippen LogP) is 3.14. The van der Waals surface area contributed by atoms with Gasteiger partial charge in [-0.1, -0.05) is 12.1 Å². The molecular formula is C15H13FO3S. The molecule has 0 N–H and O–H groups in total. The van der Waals surface area contributed by atoms with Crippen molar-refractivity contribution in [3.63, 3.8) is 0 Å². The van der Waals surface area contributed by atoms with Crippen LogP contribution < -0.4 is 0 Å². The third-order valence-corrected chi connectivity index (χ3v) is 3.95. The molecule has 1 aromatic heterocycles. The first-order valence-corrected chi connectivity index (χ1v) is 6.79. The largest absolute Gasteiger partial charge is 0.469 e. The monoisotopic (exact) mass is 292 g/mol. The lowest BCUT2D eigenvalue weighted by atomic mass is 10.1. The number of ether oxygens (including phenoxy) is 1. The lowest BCUT2D eigenvalue weighted by molar-refractivity contribution is -0.139. The second kappa shape index (κ2) is 5.96. The minimum Gasteiger partial charge on any atom is -0.469 e. The fraction of sp³-hybridized carbons (Fsp3) is 0.200. The SMILES string of the molecule is COC(=O)Cc1ccc(C(=O)c2ccc(C)c(F)c2)s1. The number of methoxy groups -OCH3 is 1. The molecule has 0 aliphatic carbocycles. The Morgan fingerprint density at radius 3 is 2.65 bits per heavy atom. The van der Waals surface area contributed by atoms with E-state index in [1.54, 1.807) is 31.2 Å². The van der Waals surface area contributed by atoms with Crippen LogP contribution in [0.2, 0.25) is 0 Å². The van der Waals surface area contributed by atoms with E-state index in [2.05, 4.69) is 4.74 Å². The Hall–Kier alpha value is -2.01. The number of benzene rings is 1. The van der Waals surface area contributed by atoms with Gasteiger partial charge < -0.3 is 4.74 Å². The van der Waals surface area contributed by atoms with Crippen LogP contribution in [0.3, 0.4) is 0 Å². The molecule has 0 spiro atoms. The average Bonchev–Trinajstić information content (AvgIpc) is 2.89. The normalized spacial score (nSPS) is 10.3. The minimum absolute atomic E-state index is 0.136. The van der Waals surface area contributed by atoms with E-state index in [9.17, 15) is 14.0 Å². The second-order valence-corrected chi connectivity index (χ2v) is 5.48. The number of thiophene rings is 1. The predicted molar refractivity (Wildman–Crippen MR) is 74.6 cm³/mol. The van der Waals surface area contributed by atoms with Gasteiger partial charge >= 0.3 is 5.97 Å². The Morgan fingerprint density at radius 2 is 2.00 bits per heavy atom. The van der Waals surface area contributed by atoms with Gasteiger partial charge in [-0.3, -0.25) is 9.59 Å². The zero-order chi connectivity index (χ0) is 14.7. The van der Waals surface area contributed by atoms with Crippen molar-refractivity contribution in [1.82, 2.24) is 0 Å². The van der Waals surface area contributed by atoms with Gasteiger partial charge in [-0.25, -0.2) is 4.39 Å². The summed E-state index contributed by atoms with van der Waals surface area (Å²) in [6.07, 6.45) is 0.136. The maximum atomic E-state index is 13.5. The van der Waals surface area contributed by atoms with Gasteiger partial charge in [0.25, 0.3) is 0 Å². The van der Waals surface area contributed by atoms with Crippen molar-refractivity contribution in [3.05, 3.63) is 57.0 Å². The van der Waals surface area contributed by atoms with Crippen LogP contribution in [0.15, 0.2) is 30.3 Å². The zero-order valence-corrected chi connectivity index (χ0v) is 11.9. The molecular weight excluding hydrogens is 279 g/mol. The molecule has 1 heterocycles. The van der Waals surface area contributed by atoms with Crippen molar-refractivity contribution in [3.8, 4) is 0 Å². The Kier molecular flexibility index (Phi) is 4.29. The number of hydrogen-bond donors (Lipinski definition) is 0. The summed E-state index contributed by atoms with van der Waals surface area (Å²) in [4.78, 5) is 24.6. The van der Waals surface area contributed by atoms with Crippen molar-refractivity contribution in [2.45, 2.75) is 13.3 Å². The van der Waals surface area contributed by atoms with Gasteiger partial charge in [0.2, 0.25) is 5.78 Å². The van der Waals surface area contributed by atoms with E-state index in [0.29, 0.717) is 16.0 Å². The molecule has 104 valence electrons. The molecule has 0 fully saturated rings. The van der Waals surface area contributed by atoms with Crippen LogP contribution in [-0.2, 0) is 16.0 Å². The van der Waals surface area contributed by atoms with Crippen molar-refractivity contribution in [2.75, 3.05) is 7.11 Å². The Bertz CT molecular complexity index is 661. The highest BCUT2D eigenvalue weighted by atomic mass is 32.1. The van der Waals surface area contributed by atoms with Crippen LogP contribution in [0.5, 0.6) is 0 Å². The second-order valence-electron chi connectivity index (χ2n) is 4.31. The number of carbonyl (C=O) groups excluding carboxylic acids is 2. The first-order valence-electron chi connectivity index (χ1n) is 5.97. The van der Waals surface area contributed by atoms with E-state index in [-0.39, 0.29) is 18.2 Å². The molecule has 0 radical (unpaired) electrons. The first-order chi connectivity index (χ1) is 9.51. The Labute approximate surface area is 120 Å². The molecule has 0 aliphatic heterocycles. The van der Waals surface area contributed by atoms with Crippen molar-refractivity contribution in [1.29, 1.82) is 0 Å². The number of hydrogen-bond acceptors (Lipinski definition) is 4. The number of halogens is 1.